The molecule has 0 rings (SSSR count). The van der Waals surface area contributed by atoms with Crippen molar-refractivity contribution in [2.45, 2.75) is 97.0 Å². The lowest BCUT2D eigenvalue weighted by Crippen LogP contribution is -2.55. The first-order valence-corrected chi connectivity index (χ1v) is 19.9. The fourth-order valence-corrected chi connectivity index (χ4v) is 6.25. The van der Waals surface area contributed by atoms with Crippen molar-refractivity contribution in [1.82, 2.24) is 0 Å². The second kappa shape index (κ2) is 9.99. The maximum atomic E-state index is 6.55. The highest BCUT2D eigenvalue weighted by molar-refractivity contribution is 6.72. The van der Waals surface area contributed by atoms with Gasteiger partial charge < -0.3 is 13.3 Å². The van der Waals surface area contributed by atoms with E-state index in [0.717, 1.165) is 25.7 Å². The smallest absolute Gasteiger partial charge is 0.254 e. The zero-order valence-electron chi connectivity index (χ0n) is 17.4. The summed E-state index contributed by atoms with van der Waals surface area (Å²) >= 11 is 0. The van der Waals surface area contributed by atoms with Crippen LogP contribution in [-0.2, 0) is 13.3 Å². The number of hydrogen-bond acceptors (Lipinski definition) is 3. The van der Waals surface area contributed by atoms with Gasteiger partial charge in [-0.3, -0.25) is 0 Å². The van der Waals surface area contributed by atoms with Crippen LogP contribution in [0.3, 0.4) is 0 Å². The summed E-state index contributed by atoms with van der Waals surface area (Å²) in [5.74, 6) is -0.843. The van der Waals surface area contributed by atoms with Gasteiger partial charge >= 0.3 is 0 Å². The normalized spacial score (nSPS) is 14.6. The summed E-state index contributed by atoms with van der Waals surface area (Å²) in [5.41, 5.74) is 1.93. The summed E-state index contributed by atoms with van der Waals surface area (Å²) in [6.45, 7) is 19.9. The van der Waals surface area contributed by atoms with E-state index in [-0.39, 0.29) is 0 Å². The van der Waals surface area contributed by atoms with Crippen LogP contribution in [-0.4, -0.2) is 41.2 Å². The van der Waals surface area contributed by atoms with Crippen molar-refractivity contribution in [1.29, 1.82) is 0 Å². The second-order valence-electron chi connectivity index (χ2n) is 9.33. The standard InChI is InChI=1S/C17H39O3Si4/c1-22(2,3)18-17(19-23(4,5)6,20-24(7,8)9)15-13-11-10-12-14-16-21/h14,16H,10-13,15H2,1-9H3. The SMILES string of the molecule is C[Si](C)(C)OC(CCCCCC=C[Si])(O[Si](C)(C)C)O[Si](C)(C)C. The van der Waals surface area contributed by atoms with Crippen molar-refractivity contribution >= 4 is 35.2 Å². The Balaban J connectivity index is 5.16. The monoisotopic (exact) mass is 403 g/mol. The maximum Gasteiger partial charge on any atom is 0.254 e. The third-order valence-corrected chi connectivity index (χ3v) is 5.86. The van der Waals surface area contributed by atoms with Gasteiger partial charge in [-0.1, -0.05) is 12.5 Å². The summed E-state index contributed by atoms with van der Waals surface area (Å²) in [5, 5.41) is 0. The van der Waals surface area contributed by atoms with Gasteiger partial charge in [0.1, 0.15) is 0 Å². The molecule has 0 aromatic carbocycles. The molecule has 0 N–H and O–H groups in total. The minimum Gasteiger partial charge on any atom is -0.371 e. The first kappa shape index (κ1) is 24.5. The first-order chi connectivity index (χ1) is 10.7. The molecule has 141 valence electrons. The van der Waals surface area contributed by atoms with Crippen molar-refractivity contribution < 1.29 is 13.3 Å². The van der Waals surface area contributed by atoms with Crippen LogP contribution in [0.5, 0.6) is 0 Å². The average molecular weight is 404 g/mol. The third kappa shape index (κ3) is 13.7. The molecular weight excluding hydrogens is 365 g/mol. The Bertz CT molecular complexity index is 338. The molecule has 0 fully saturated rings. The topological polar surface area (TPSA) is 27.7 Å². The molecule has 0 heterocycles. The Morgan fingerprint density at radius 1 is 0.708 bits per heavy atom. The zero-order chi connectivity index (χ0) is 19.1. The van der Waals surface area contributed by atoms with Gasteiger partial charge in [-0.25, -0.2) is 0 Å². The third-order valence-electron chi connectivity index (χ3n) is 2.86. The van der Waals surface area contributed by atoms with E-state index in [1.165, 1.54) is 6.42 Å². The molecule has 0 spiro atoms. The maximum absolute atomic E-state index is 6.55. The highest BCUT2D eigenvalue weighted by Crippen LogP contribution is 2.33. The summed E-state index contributed by atoms with van der Waals surface area (Å²) in [7, 11) is -2.02. The molecule has 0 aromatic rings. The number of rotatable bonds is 12. The first-order valence-electron chi connectivity index (χ1n) is 9.11. The van der Waals surface area contributed by atoms with Crippen molar-refractivity contribution in [3.63, 3.8) is 0 Å². The van der Waals surface area contributed by atoms with Gasteiger partial charge in [-0.2, -0.15) is 0 Å². The molecule has 0 amide bonds. The molecule has 7 heteroatoms. The largest absolute Gasteiger partial charge is 0.371 e. The van der Waals surface area contributed by atoms with Crippen LogP contribution in [0.25, 0.3) is 0 Å². The molecule has 0 aliphatic rings. The number of unbranched alkanes of at least 4 members (excludes halogenated alkanes) is 3. The molecule has 24 heavy (non-hydrogen) atoms. The van der Waals surface area contributed by atoms with E-state index in [2.05, 4.69) is 75.2 Å². The molecule has 0 aliphatic heterocycles. The Kier molecular flexibility index (Phi) is 10.2. The Morgan fingerprint density at radius 3 is 1.46 bits per heavy atom. The van der Waals surface area contributed by atoms with E-state index >= 15 is 0 Å². The van der Waals surface area contributed by atoms with Crippen LogP contribution in [0.4, 0.5) is 0 Å². The minimum absolute atomic E-state index is 0.823. The molecule has 0 saturated carbocycles. The van der Waals surface area contributed by atoms with E-state index in [9.17, 15) is 0 Å². The zero-order valence-corrected chi connectivity index (χ0v) is 21.4. The quantitative estimate of drug-likeness (QED) is 0.233. The fourth-order valence-electron chi connectivity index (χ4n) is 2.48. The highest BCUT2D eigenvalue weighted by atomic mass is 28.4. The van der Waals surface area contributed by atoms with Crippen LogP contribution in [0, 0.1) is 0 Å². The lowest BCUT2D eigenvalue weighted by Gasteiger charge is -2.45. The van der Waals surface area contributed by atoms with Crippen LogP contribution in [0.2, 0.25) is 58.9 Å². The van der Waals surface area contributed by atoms with Gasteiger partial charge in [0.2, 0.25) is 0 Å². The van der Waals surface area contributed by atoms with E-state index in [1.807, 2.05) is 5.70 Å². The van der Waals surface area contributed by atoms with E-state index in [4.69, 9.17) is 13.3 Å². The van der Waals surface area contributed by atoms with Crippen LogP contribution < -0.4 is 0 Å². The molecule has 3 nitrogen and oxygen atoms in total. The number of hydrogen-bond donors (Lipinski definition) is 0. The van der Waals surface area contributed by atoms with Crippen molar-refractivity contribution in [2.24, 2.45) is 0 Å². The van der Waals surface area contributed by atoms with E-state index in [0.29, 0.717) is 0 Å². The van der Waals surface area contributed by atoms with Gasteiger partial charge in [0, 0.05) is 6.42 Å². The summed E-state index contributed by atoms with van der Waals surface area (Å²) in [4.78, 5) is 0. The van der Waals surface area contributed by atoms with Crippen LogP contribution in [0.1, 0.15) is 32.1 Å². The minimum atomic E-state index is -1.80. The molecule has 3 radical (unpaired) electrons. The van der Waals surface area contributed by atoms with E-state index in [1.54, 1.807) is 0 Å². The highest BCUT2D eigenvalue weighted by Gasteiger charge is 2.44. The summed E-state index contributed by atoms with van der Waals surface area (Å²) in [6.07, 6.45) is 7.49. The van der Waals surface area contributed by atoms with Crippen LogP contribution in [0.15, 0.2) is 11.8 Å². The molecular formula is C17H39O3Si4. The predicted molar refractivity (Wildman–Crippen MR) is 114 cm³/mol. The Hall–Kier alpha value is 0.488. The summed E-state index contributed by atoms with van der Waals surface area (Å²) < 4.78 is 19.6. The molecule has 0 unspecified atom stereocenters. The van der Waals surface area contributed by atoms with Gasteiger partial charge in [0.25, 0.3) is 5.97 Å². The van der Waals surface area contributed by atoms with Crippen LogP contribution >= 0.6 is 0 Å². The van der Waals surface area contributed by atoms with Crippen molar-refractivity contribution in [3.8, 4) is 0 Å². The van der Waals surface area contributed by atoms with Crippen molar-refractivity contribution in [2.75, 3.05) is 0 Å². The number of allylic oxidation sites excluding steroid dienone is 1. The van der Waals surface area contributed by atoms with Gasteiger partial charge in [-0.15, -0.1) is 5.70 Å². The molecule has 0 bridgehead atoms. The Labute approximate surface area is 157 Å². The summed E-state index contributed by atoms with van der Waals surface area (Å²) in [6, 6.07) is 0. The predicted octanol–water partition coefficient (Wildman–Crippen LogP) is 5.83. The Morgan fingerprint density at radius 2 is 1.12 bits per heavy atom. The van der Waals surface area contributed by atoms with Gasteiger partial charge in [-0.05, 0) is 78.2 Å². The average Bonchev–Trinajstić information content (AvgIpc) is 2.26. The second-order valence-corrected chi connectivity index (χ2v) is 22.9. The van der Waals surface area contributed by atoms with Gasteiger partial charge in [0.05, 0.1) is 10.2 Å². The lowest BCUT2D eigenvalue weighted by molar-refractivity contribution is -0.274. The van der Waals surface area contributed by atoms with Gasteiger partial charge in [0.15, 0.2) is 25.0 Å². The molecule has 0 aliphatic carbocycles. The molecule has 0 atom stereocenters. The molecule has 0 aromatic heterocycles. The molecule has 0 saturated heterocycles. The fraction of sp³-hybridized carbons (Fsp3) is 0.882. The van der Waals surface area contributed by atoms with Crippen molar-refractivity contribution in [3.05, 3.63) is 11.8 Å². The van der Waals surface area contributed by atoms with E-state index < -0.39 is 30.9 Å². The lowest BCUT2D eigenvalue weighted by atomic mass is 10.1.